The third-order valence-corrected chi connectivity index (χ3v) is 7.59. The second kappa shape index (κ2) is 13.1. The Morgan fingerprint density at radius 2 is 1.40 bits per heavy atom. The predicted molar refractivity (Wildman–Crippen MR) is 166 cm³/mol. The van der Waals surface area contributed by atoms with Gasteiger partial charge >= 0.3 is 6.09 Å². The number of benzene rings is 2. The number of alkyl carbamates (subject to hydrolysis) is 1. The minimum atomic E-state index is -0.487. The van der Waals surface area contributed by atoms with Gasteiger partial charge in [-0.15, -0.1) is 12.4 Å². The lowest BCUT2D eigenvalue weighted by molar-refractivity contribution is 0.0503. The highest BCUT2D eigenvalue weighted by atomic mass is 35.5. The van der Waals surface area contributed by atoms with Crippen molar-refractivity contribution in [1.29, 1.82) is 0 Å². The van der Waals surface area contributed by atoms with E-state index in [-0.39, 0.29) is 30.6 Å². The number of hydrogen-bond donors (Lipinski definition) is 2. The highest BCUT2D eigenvalue weighted by Crippen LogP contribution is 2.35. The van der Waals surface area contributed by atoms with E-state index in [1.165, 1.54) is 16.7 Å². The van der Waals surface area contributed by atoms with Crippen molar-refractivity contribution in [3.63, 3.8) is 0 Å². The molecule has 0 radical (unpaired) electrons. The smallest absolute Gasteiger partial charge is 0.408 e. The van der Waals surface area contributed by atoms with Gasteiger partial charge in [-0.1, -0.05) is 48.4 Å². The SMILES string of the molecule is CCc1cc(-c2ccc3c(c2)CC[C@H]3N)no1.CCc1cc(-c2ccc3c(c2)CC[C@H]3NC(=O)OC(C)(C)C)no1.Cl. The van der Waals surface area contributed by atoms with Gasteiger partial charge in [0, 0.05) is 42.1 Å². The Kier molecular flexibility index (Phi) is 9.79. The molecule has 3 N–H and O–H groups in total. The van der Waals surface area contributed by atoms with E-state index in [0.29, 0.717) is 0 Å². The number of nitrogens with zero attached hydrogens (tertiary/aromatic N) is 2. The number of aromatic nitrogens is 2. The van der Waals surface area contributed by atoms with Gasteiger partial charge < -0.3 is 24.8 Å². The molecule has 0 spiro atoms. The molecular weight excluding hydrogens is 552 g/mol. The van der Waals surface area contributed by atoms with Crippen LogP contribution in [0.4, 0.5) is 4.79 Å². The molecular formula is C33H41ClN4O4. The number of hydrogen-bond acceptors (Lipinski definition) is 7. The van der Waals surface area contributed by atoms with E-state index in [4.69, 9.17) is 19.5 Å². The first-order valence-corrected chi connectivity index (χ1v) is 14.6. The summed E-state index contributed by atoms with van der Waals surface area (Å²) in [5, 5.41) is 11.2. The quantitative estimate of drug-likeness (QED) is 0.244. The number of fused-ring (bicyclic) bond motifs is 2. The van der Waals surface area contributed by atoms with Crippen molar-refractivity contribution in [2.45, 2.75) is 90.8 Å². The minimum absolute atomic E-state index is 0. The molecule has 2 aliphatic rings. The van der Waals surface area contributed by atoms with Crippen LogP contribution in [0, 0.1) is 0 Å². The molecule has 224 valence electrons. The molecule has 0 bridgehead atoms. The zero-order valence-corrected chi connectivity index (χ0v) is 25.8. The lowest BCUT2D eigenvalue weighted by atomic mass is 10.0. The maximum absolute atomic E-state index is 12.0. The van der Waals surface area contributed by atoms with E-state index in [0.717, 1.165) is 78.1 Å². The average molecular weight is 593 g/mol. The van der Waals surface area contributed by atoms with Crippen LogP contribution in [-0.4, -0.2) is 22.0 Å². The van der Waals surface area contributed by atoms with E-state index in [1.54, 1.807) is 0 Å². The molecule has 6 rings (SSSR count). The van der Waals surface area contributed by atoms with Gasteiger partial charge in [-0.25, -0.2) is 4.79 Å². The predicted octanol–water partition coefficient (Wildman–Crippen LogP) is 7.69. The summed E-state index contributed by atoms with van der Waals surface area (Å²) < 4.78 is 15.9. The summed E-state index contributed by atoms with van der Waals surface area (Å²) in [5.41, 5.74) is 14.5. The molecule has 0 saturated heterocycles. The molecule has 1 amide bonds. The Morgan fingerprint density at radius 1 is 0.881 bits per heavy atom. The first kappa shape index (κ1) is 31.3. The van der Waals surface area contributed by atoms with Gasteiger partial charge in [0.05, 0.1) is 6.04 Å². The van der Waals surface area contributed by atoms with Gasteiger partial charge in [0.25, 0.3) is 0 Å². The minimum Gasteiger partial charge on any atom is -0.444 e. The van der Waals surface area contributed by atoms with Crippen LogP contribution < -0.4 is 11.1 Å². The number of rotatable bonds is 5. The summed E-state index contributed by atoms with van der Waals surface area (Å²) >= 11 is 0. The number of carbonyl (C=O) groups excluding carboxylic acids is 1. The Morgan fingerprint density at radius 3 is 1.93 bits per heavy atom. The zero-order valence-electron chi connectivity index (χ0n) is 25.0. The van der Waals surface area contributed by atoms with E-state index in [9.17, 15) is 4.79 Å². The highest BCUT2D eigenvalue weighted by molar-refractivity contribution is 5.85. The lowest BCUT2D eigenvalue weighted by Gasteiger charge is -2.22. The van der Waals surface area contributed by atoms with Crippen molar-refractivity contribution in [1.82, 2.24) is 15.6 Å². The van der Waals surface area contributed by atoms with Gasteiger partial charge in [-0.05, 0) is 80.8 Å². The van der Waals surface area contributed by atoms with Gasteiger partial charge in [-0.2, -0.15) is 0 Å². The number of ether oxygens (including phenoxy) is 1. The monoisotopic (exact) mass is 592 g/mol. The summed E-state index contributed by atoms with van der Waals surface area (Å²) in [6.07, 6.45) is 5.29. The van der Waals surface area contributed by atoms with E-state index >= 15 is 0 Å². The second-order valence-electron chi connectivity index (χ2n) is 11.8. The fourth-order valence-corrected chi connectivity index (χ4v) is 5.42. The van der Waals surface area contributed by atoms with Gasteiger partial charge in [0.1, 0.15) is 28.5 Å². The van der Waals surface area contributed by atoms with Crippen molar-refractivity contribution in [3.05, 3.63) is 82.3 Å². The van der Waals surface area contributed by atoms with Crippen molar-refractivity contribution < 1.29 is 18.6 Å². The van der Waals surface area contributed by atoms with Gasteiger partial charge in [-0.3, -0.25) is 0 Å². The molecule has 2 heterocycles. The molecule has 2 aromatic heterocycles. The summed E-state index contributed by atoms with van der Waals surface area (Å²) in [4.78, 5) is 12.0. The number of amides is 1. The third-order valence-electron chi connectivity index (χ3n) is 7.59. The first-order valence-electron chi connectivity index (χ1n) is 14.6. The average Bonchev–Trinajstić information content (AvgIpc) is 3.75. The number of carbonyl (C=O) groups is 1. The first-order chi connectivity index (χ1) is 19.6. The van der Waals surface area contributed by atoms with Crippen molar-refractivity contribution in [2.24, 2.45) is 5.73 Å². The largest absolute Gasteiger partial charge is 0.444 e. The maximum atomic E-state index is 12.0. The summed E-state index contributed by atoms with van der Waals surface area (Å²) in [5.74, 6) is 1.81. The molecule has 4 aromatic rings. The van der Waals surface area contributed by atoms with Crippen LogP contribution in [0.1, 0.15) is 93.3 Å². The van der Waals surface area contributed by atoms with Crippen LogP contribution in [-0.2, 0) is 30.4 Å². The van der Waals surface area contributed by atoms with Gasteiger partial charge in [0.2, 0.25) is 0 Å². The Hall–Kier alpha value is -3.62. The molecule has 42 heavy (non-hydrogen) atoms. The normalized spacial score (nSPS) is 17.0. The fourth-order valence-electron chi connectivity index (χ4n) is 5.42. The van der Waals surface area contributed by atoms with Crippen LogP contribution >= 0.6 is 12.4 Å². The standard InChI is InChI=1S/C19H24N2O3.C14H16N2O.ClH/c1-5-14-11-17(21-24-14)13-6-8-15-12(10-13)7-9-16(15)20-18(22)23-19(2,3)4;1-2-11-8-14(16-17-11)10-3-5-12-9(7-10)4-6-13(12)15;/h6,8,10-11,16H,5,7,9H2,1-4H3,(H,20,22);3,5,7-8,13H,2,4,6,15H2,1H3;1H/t16-;13-;/m11./s1. The molecule has 2 aromatic carbocycles. The van der Waals surface area contributed by atoms with Crippen LogP contribution in [0.3, 0.4) is 0 Å². The van der Waals surface area contributed by atoms with Crippen LogP contribution in [0.5, 0.6) is 0 Å². The Bertz CT molecular complexity index is 1520. The topological polar surface area (TPSA) is 116 Å². The van der Waals surface area contributed by atoms with Crippen LogP contribution in [0.2, 0.25) is 0 Å². The number of nitrogens with two attached hydrogens (primary N) is 1. The summed E-state index contributed by atoms with van der Waals surface area (Å²) in [6, 6.07) is 16.9. The Labute approximate surface area is 253 Å². The summed E-state index contributed by atoms with van der Waals surface area (Å²) in [6.45, 7) is 9.70. The molecule has 0 fully saturated rings. The molecule has 2 atom stereocenters. The number of halogens is 1. The Balaban J connectivity index is 0.000000198. The second-order valence-corrected chi connectivity index (χ2v) is 11.8. The summed E-state index contributed by atoms with van der Waals surface area (Å²) in [7, 11) is 0. The van der Waals surface area contributed by atoms with Crippen LogP contribution in [0.15, 0.2) is 57.6 Å². The third kappa shape index (κ3) is 7.23. The van der Waals surface area contributed by atoms with E-state index in [1.807, 2.05) is 45.9 Å². The van der Waals surface area contributed by atoms with E-state index < -0.39 is 5.60 Å². The zero-order chi connectivity index (χ0) is 29.1. The van der Waals surface area contributed by atoms with Crippen molar-refractivity contribution in [3.8, 4) is 22.5 Å². The van der Waals surface area contributed by atoms with E-state index in [2.05, 4.69) is 52.9 Å². The highest BCUT2D eigenvalue weighted by Gasteiger charge is 2.27. The molecule has 0 aliphatic heterocycles. The molecule has 0 unspecified atom stereocenters. The lowest BCUT2D eigenvalue weighted by Crippen LogP contribution is -2.34. The molecule has 9 heteroatoms. The molecule has 0 saturated carbocycles. The number of aryl methyl sites for hydroxylation is 4. The number of nitrogens with one attached hydrogen (secondary N) is 1. The van der Waals surface area contributed by atoms with Crippen molar-refractivity contribution in [2.75, 3.05) is 0 Å². The molecule has 8 nitrogen and oxygen atoms in total. The van der Waals surface area contributed by atoms with Crippen molar-refractivity contribution >= 4 is 18.5 Å². The molecule has 2 aliphatic carbocycles. The van der Waals surface area contributed by atoms with Crippen LogP contribution in [0.25, 0.3) is 22.5 Å². The fraction of sp³-hybridized carbons (Fsp3) is 0.424. The maximum Gasteiger partial charge on any atom is 0.408 e. The van der Waals surface area contributed by atoms with Gasteiger partial charge in [0.15, 0.2) is 0 Å².